The second-order valence-electron chi connectivity index (χ2n) is 6.83. The fraction of sp³-hybridized carbons (Fsp3) is 0.273. The van der Waals surface area contributed by atoms with Crippen molar-refractivity contribution in [1.29, 1.82) is 0 Å². The Labute approximate surface area is 159 Å². The van der Waals surface area contributed by atoms with E-state index in [0.717, 1.165) is 5.56 Å². The molecule has 0 atom stereocenters. The molecule has 0 N–H and O–H groups in total. The van der Waals surface area contributed by atoms with Gasteiger partial charge in [-0.2, -0.15) is 0 Å². The number of carbonyl (C=O) groups is 2. The minimum Gasteiger partial charge on any atom is -0.496 e. The summed E-state index contributed by atoms with van der Waals surface area (Å²) in [7, 11) is 1.57. The lowest BCUT2D eigenvalue weighted by Crippen LogP contribution is -2.27. The topological polar surface area (TPSA) is 61.8 Å². The smallest absolute Gasteiger partial charge is 0.344 e. The van der Waals surface area contributed by atoms with Crippen LogP contribution in [0, 0.1) is 0 Å². The third-order valence-electron chi connectivity index (χ3n) is 3.48. The lowest BCUT2D eigenvalue weighted by molar-refractivity contribution is -0.164. The lowest BCUT2D eigenvalue weighted by Gasteiger charge is -2.19. The summed E-state index contributed by atoms with van der Waals surface area (Å²) < 4.78 is 15.7. The number of rotatable bonds is 6. The number of hydrogen-bond acceptors (Lipinski definition) is 5. The molecular formula is C22H24O5. The van der Waals surface area contributed by atoms with Crippen molar-refractivity contribution in [2.24, 2.45) is 0 Å². The van der Waals surface area contributed by atoms with E-state index in [0.29, 0.717) is 16.9 Å². The molecule has 142 valence electrons. The minimum atomic E-state index is -0.640. The zero-order valence-electron chi connectivity index (χ0n) is 16.0. The Hall–Kier alpha value is -3.08. The molecule has 0 aliphatic carbocycles. The van der Waals surface area contributed by atoms with Gasteiger partial charge in [0.15, 0.2) is 6.61 Å². The monoisotopic (exact) mass is 368 g/mol. The van der Waals surface area contributed by atoms with Crippen molar-refractivity contribution in [2.75, 3.05) is 13.7 Å². The predicted molar refractivity (Wildman–Crippen MR) is 104 cm³/mol. The molecule has 0 aromatic heterocycles. The number of benzene rings is 2. The number of carbonyl (C=O) groups excluding carboxylic acids is 2. The molecule has 0 amide bonds. The summed E-state index contributed by atoms with van der Waals surface area (Å²) in [5.41, 5.74) is 1.09. The van der Waals surface area contributed by atoms with E-state index >= 15 is 0 Å². The lowest BCUT2D eigenvalue weighted by atomic mass is 10.0. The van der Waals surface area contributed by atoms with Crippen molar-refractivity contribution >= 4 is 23.6 Å². The summed E-state index contributed by atoms with van der Waals surface area (Å²) in [6.07, 6.45) is 1.69. The molecule has 2 rings (SSSR count). The Morgan fingerprint density at radius 1 is 0.963 bits per heavy atom. The summed E-state index contributed by atoms with van der Waals surface area (Å²) in [5.74, 6) is -0.579. The Balaban J connectivity index is 2.27. The number of ether oxygens (including phenoxy) is 3. The van der Waals surface area contributed by atoms with Gasteiger partial charge < -0.3 is 14.2 Å². The van der Waals surface area contributed by atoms with Gasteiger partial charge in [0.25, 0.3) is 0 Å². The normalized spacial score (nSPS) is 11.6. The minimum absolute atomic E-state index is 0.323. The van der Waals surface area contributed by atoms with Gasteiger partial charge in [-0.3, -0.25) is 0 Å². The van der Waals surface area contributed by atoms with Gasteiger partial charge in [-0.25, -0.2) is 9.59 Å². The van der Waals surface area contributed by atoms with Gasteiger partial charge in [0.1, 0.15) is 11.4 Å². The van der Waals surface area contributed by atoms with E-state index < -0.39 is 24.1 Å². The number of hydrogen-bond donors (Lipinski definition) is 0. The molecule has 0 aliphatic rings. The highest BCUT2D eigenvalue weighted by molar-refractivity contribution is 6.22. The molecule has 0 saturated carbocycles. The van der Waals surface area contributed by atoms with Crippen LogP contribution >= 0.6 is 0 Å². The van der Waals surface area contributed by atoms with Crippen molar-refractivity contribution < 1.29 is 23.8 Å². The second-order valence-corrected chi connectivity index (χ2v) is 6.83. The zero-order chi connectivity index (χ0) is 19.9. The third kappa shape index (κ3) is 6.29. The molecule has 0 spiro atoms. The molecule has 0 bridgehead atoms. The van der Waals surface area contributed by atoms with Crippen LogP contribution in [0.1, 0.15) is 31.9 Å². The molecule has 5 heteroatoms. The molecule has 27 heavy (non-hydrogen) atoms. The Morgan fingerprint density at radius 3 is 2.22 bits per heavy atom. The largest absolute Gasteiger partial charge is 0.496 e. The summed E-state index contributed by atoms with van der Waals surface area (Å²) in [6, 6.07) is 16.5. The number of para-hydroxylation sites is 1. The van der Waals surface area contributed by atoms with Crippen molar-refractivity contribution in [3.8, 4) is 5.75 Å². The average Bonchev–Trinajstić information content (AvgIpc) is 2.64. The Kier molecular flexibility index (Phi) is 6.77. The SMILES string of the molecule is COc1ccccc1/C=C(/C(=O)OCC(=O)OC(C)(C)C)c1ccccc1. The van der Waals surface area contributed by atoms with Gasteiger partial charge >= 0.3 is 11.9 Å². The van der Waals surface area contributed by atoms with Gasteiger partial charge in [-0.05, 0) is 38.5 Å². The first kappa shape index (κ1) is 20.2. The van der Waals surface area contributed by atoms with Crippen LogP contribution < -0.4 is 4.74 Å². The predicted octanol–water partition coefficient (Wildman–Crippen LogP) is 4.12. The van der Waals surface area contributed by atoms with Gasteiger partial charge in [0, 0.05) is 5.56 Å². The van der Waals surface area contributed by atoms with Crippen LogP contribution in [0.15, 0.2) is 54.6 Å². The molecule has 0 fully saturated rings. The van der Waals surface area contributed by atoms with Crippen molar-refractivity contribution in [2.45, 2.75) is 26.4 Å². The van der Waals surface area contributed by atoms with Crippen molar-refractivity contribution in [3.63, 3.8) is 0 Å². The second kappa shape index (κ2) is 9.03. The van der Waals surface area contributed by atoms with E-state index in [1.165, 1.54) is 0 Å². The van der Waals surface area contributed by atoms with E-state index in [1.54, 1.807) is 52.2 Å². The van der Waals surface area contributed by atoms with Crippen molar-refractivity contribution in [1.82, 2.24) is 0 Å². The Bertz CT molecular complexity index is 816. The Morgan fingerprint density at radius 2 is 1.59 bits per heavy atom. The molecule has 0 heterocycles. The zero-order valence-corrected chi connectivity index (χ0v) is 16.0. The molecule has 5 nitrogen and oxygen atoms in total. The molecule has 0 aliphatic heterocycles. The molecule has 0 saturated heterocycles. The quantitative estimate of drug-likeness (QED) is 0.436. The summed E-state index contributed by atoms with van der Waals surface area (Å²) in [4.78, 5) is 24.5. The standard InChI is InChI=1S/C22H24O5/c1-22(2,3)27-20(23)15-26-21(24)18(16-10-6-5-7-11-16)14-17-12-8-9-13-19(17)25-4/h5-14H,15H2,1-4H3/b18-14+. The maximum atomic E-state index is 12.7. The average molecular weight is 368 g/mol. The van der Waals surface area contributed by atoms with Gasteiger partial charge in [0.05, 0.1) is 12.7 Å². The van der Waals surface area contributed by atoms with Crippen LogP contribution in [0.5, 0.6) is 5.75 Å². The van der Waals surface area contributed by atoms with Crippen LogP contribution in [-0.2, 0) is 19.1 Å². The fourth-order valence-electron chi connectivity index (χ4n) is 2.39. The maximum absolute atomic E-state index is 12.7. The number of esters is 2. The van der Waals surface area contributed by atoms with E-state index in [2.05, 4.69) is 0 Å². The molecular weight excluding hydrogens is 344 g/mol. The van der Waals surface area contributed by atoms with E-state index in [1.807, 2.05) is 36.4 Å². The van der Waals surface area contributed by atoms with Crippen LogP contribution in [0.2, 0.25) is 0 Å². The highest BCUT2D eigenvalue weighted by Crippen LogP contribution is 2.25. The van der Waals surface area contributed by atoms with Gasteiger partial charge in [0.2, 0.25) is 0 Å². The van der Waals surface area contributed by atoms with Crippen LogP contribution in [0.3, 0.4) is 0 Å². The van der Waals surface area contributed by atoms with Crippen LogP contribution in [0.25, 0.3) is 11.6 Å². The first-order valence-electron chi connectivity index (χ1n) is 8.59. The van der Waals surface area contributed by atoms with E-state index in [9.17, 15) is 9.59 Å². The number of methoxy groups -OCH3 is 1. The van der Waals surface area contributed by atoms with Crippen LogP contribution in [-0.4, -0.2) is 31.3 Å². The molecule has 0 radical (unpaired) electrons. The van der Waals surface area contributed by atoms with E-state index in [-0.39, 0.29) is 0 Å². The third-order valence-corrected chi connectivity index (χ3v) is 3.48. The maximum Gasteiger partial charge on any atom is 0.344 e. The molecule has 2 aromatic rings. The van der Waals surface area contributed by atoms with Crippen LogP contribution in [0.4, 0.5) is 0 Å². The first-order valence-corrected chi connectivity index (χ1v) is 8.59. The van der Waals surface area contributed by atoms with E-state index in [4.69, 9.17) is 14.2 Å². The van der Waals surface area contributed by atoms with Gasteiger partial charge in [-0.1, -0.05) is 48.5 Å². The first-order chi connectivity index (χ1) is 12.8. The highest BCUT2D eigenvalue weighted by Gasteiger charge is 2.20. The summed E-state index contributed by atoms with van der Waals surface area (Å²) >= 11 is 0. The summed E-state index contributed by atoms with van der Waals surface area (Å²) in [6.45, 7) is 4.81. The summed E-state index contributed by atoms with van der Waals surface area (Å²) in [5, 5.41) is 0. The van der Waals surface area contributed by atoms with Gasteiger partial charge in [-0.15, -0.1) is 0 Å². The molecule has 2 aromatic carbocycles. The highest BCUT2D eigenvalue weighted by atomic mass is 16.6. The van der Waals surface area contributed by atoms with Crippen molar-refractivity contribution in [3.05, 3.63) is 65.7 Å². The fourth-order valence-corrected chi connectivity index (χ4v) is 2.39. The molecule has 0 unspecified atom stereocenters.